The molecule has 4 aliphatic rings. The lowest BCUT2D eigenvalue weighted by Crippen LogP contribution is -2.53. The van der Waals surface area contributed by atoms with Gasteiger partial charge in [0.05, 0.1) is 45.4 Å². The van der Waals surface area contributed by atoms with Gasteiger partial charge in [-0.2, -0.15) is 4.98 Å². The molecule has 0 aliphatic carbocycles. The van der Waals surface area contributed by atoms with Crippen molar-refractivity contribution in [3.63, 3.8) is 0 Å². The van der Waals surface area contributed by atoms with Gasteiger partial charge in [-0.15, -0.1) is 5.53 Å². The molecule has 0 spiro atoms. The van der Waals surface area contributed by atoms with Crippen LogP contribution < -0.4 is 41.9 Å². The molecule has 19 heteroatoms. The summed E-state index contributed by atoms with van der Waals surface area (Å²) in [5.41, 5.74) is 12.2. The number of carbonyl (C=O) groups excluding carboxylic acids is 2. The van der Waals surface area contributed by atoms with Crippen molar-refractivity contribution in [2.24, 2.45) is 5.92 Å². The van der Waals surface area contributed by atoms with Crippen LogP contribution in [0.4, 0.5) is 28.8 Å². The number of nitrogens with zero attached hydrogens (tertiary/aromatic N) is 8. The molecule has 1 unspecified atom stereocenters. The summed E-state index contributed by atoms with van der Waals surface area (Å²) in [6.45, 7) is 13.7. The van der Waals surface area contributed by atoms with Crippen molar-refractivity contribution in [3.8, 4) is 5.75 Å². The van der Waals surface area contributed by atoms with E-state index in [1.165, 1.54) is 11.3 Å². The van der Waals surface area contributed by atoms with Crippen molar-refractivity contribution in [2.75, 3.05) is 88.3 Å². The first-order valence-electron chi connectivity index (χ1n) is 21.1. The summed E-state index contributed by atoms with van der Waals surface area (Å²) >= 11 is 3.60. The summed E-state index contributed by atoms with van der Waals surface area (Å²) in [6.07, 6.45) is 11.9. The molecule has 0 radical (unpaired) electrons. The molecule has 3 fully saturated rings. The maximum absolute atomic E-state index is 13.5. The van der Waals surface area contributed by atoms with Gasteiger partial charge in [-0.25, -0.2) is 4.98 Å². The third kappa shape index (κ3) is 9.78. The first kappa shape index (κ1) is 42.8. The minimum atomic E-state index is -2.77. The average molecular weight is 917 g/mol. The van der Waals surface area contributed by atoms with Crippen molar-refractivity contribution in [1.29, 1.82) is 0 Å². The van der Waals surface area contributed by atoms with Gasteiger partial charge in [0, 0.05) is 94.8 Å². The van der Waals surface area contributed by atoms with Gasteiger partial charge in [0.25, 0.3) is 0 Å². The maximum Gasteiger partial charge on any atom is 0.235 e. The molecule has 2 amide bonds. The van der Waals surface area contributed by atoms with Crippen LogP contribution in [0.5, 0.6) is 5.75 Å². The molecule has 324 valence electrons. The number of ether oxygens (including phenoxy) is 1. The Morgan fingerprint density at radius 2 is 1.74 bits per heavy atom. The Hall–Kier alpha value is -4.87. The Balaban J connectivity index is 0.845. The van der Waals surface area contributed by atoms with Crippen molar-refractivity contribution in [1.82, 2.24) is 51.0 Å². The number of anilines is 5. The van der Waals surface area contributed by atoms with E-state index in [0.29, 0.717) is 62.9 Å². The fourth-order valence-corrected chi connectivity index (χ4v) is 10.5. The first-order valence-corrected chi connectivity index (χ1v) is 24.5. The molecule has 2 aromatic carbocycles. The summed E-state index contributed by atoms with van der Waals surface area (Å²) < 4.78 is 20.1. The van der Waals surface area contributed by atoms with Crippen LogP contribution in [0.2, 0.25) is 0 Å². The predicted octanol–water partition coefficient (Wildman–Crippen LogP) is 4.68. The van der Waals surface area contributed by atoms with E-state index in [1.807, 2.05) is 23.3 Å². The summed E-state index contributed by atoms with van der Waals surface area (Å²) in [5.74, 6) is 0.864. The molecule has 1 atom stereocenters. The number of nitrogens with one attached hydrogen (secondary N) is 5. The lowest BCUT2D eigenvalue weighted by Gasteiger charge is -2.43. The highest BCUT2D eigenvalue weighted by Crippen LogP contribution is 2.42. The highest BCUT2D eigenvalue weighted by atomic mass is 79.9. The summed E-state index contributed by atoms with van der Waals surface area (Å²) in [7, 11) is -1.08. The number of rotatable bonds is 14. The summed E-state index contributed by atoms with van der Waals surface area (Å²) in [6, 6.07) is 8.58. The van der Waals surface area contributed by atoms with Gasteiger partial charge in [-0.1, -0.05) is 6.92 Å². The van der Waals surface area contributed by atoms with Gasteiger partial charge in [0.2, 0.25) is 17.8 Å². The smallest absolute Gasteiger partial charge is 0.235 e. The van der Waals surface area contributed by atoms with E-state index in [1.54, 1.807) is 39.0 Å². The molecular formula is C42H55BrN13O4P. The van der Waals surface area contributed by atoms with E-state index in [9.17, 15) is 14.2 Å². The second-order valence-corrected chi connectivity index (χ2v) is 20.4. The van der Waals surface area contributed by atoms with Gasteiger partial charge in [-0.05, 0) is 91.7 Å². The SMILES string of the molecule is CCc1cc(Nc2ncc(Br)c(Nc3ccc4nccnc4c3P(C)(C)=O)n2)c(OC)cc1N1CCC(N2CCN(CCCN3C=C(C4CCC(=O)NC4=O)NN3)CC2)CC1. The van der Waals surface area contributed by atoms with Gasteiger partial charge in [0.15, 0.2) is 0 Å². The van der Waals surface area contributed by atoms with E-state index < -0.39 is 7.14 Å². The fraction of sp³-hybridized carbons (Fsp3) is 0.476. The van der Waals surface area contributed by atoms with Crippen molar-refractivity contribution in [3.05, 3.63) is 64.8 Å². The number of carbonyl (C=O) groups is 2. The molecule has 8 rings (SSSR count). The van der Waals surface area contributed by atoms with Crippen LogP contribution in [0.15, 0.2) is 59.2 Å². The monoisotopic (exact) mass is 915 g/mol. The number of fused-ring (bicyclic) bond motifs is 1. The number of hydrogen-bond donors (Lipinski definition) is 5. The largest absolute Gasteiger partial charge is 0.494 e. The van der Waals surface area contributed by atoms with Gasteiger partial charge < -0.3 is 35.2 Å². The number of piperazine rings is 1. The molecule has 0 saturated carbocycles. The molecule has 3 saturated heterocycles. The average Bonchev–Trinajstić information content (AvgIpc) is 3.73. The Kier molecular flexibility index (Phi) is 13.1. The third-order valence-corrected chi connectivity index (χ3v) is 14.1. The topological polar surface area (TPSA) is 185 Å². The number of imide groups is 1. The summed E-state index contributed by atoms with van der Waals surface area (Å²) in [4.78, 5) is 49.8. The quantitative estimate of drug-likeness (QED) is 0.0867. The van der Waals surface area contributed by atoms with Crippen molar-refractivity contribution in [2.45, 2.75) is 51.5 Å². The normalized spacial score (nSPS) is 19.5. The first-order chi connectivity index (χ1) is 29.5. The van der Waals surface area contributed by atoms with E-state index in [0.717, 1.165) is 89.4 Å². The van der Waals surface area contributed by atoms with Gasteiger partial charge >= 0.3 is 0 Å². The van der Waals surface area contributed by atoms with Crippen LogP contribution >= 0.6 is 23.1 Å². The zero-order valence-electron chi connectivity index (χ0n) is 35.2. The second kappa shape index (κ2) is 18.6. The number of hydrazine groups is 2. The highest BCUT2D eigenvalue weighted by Gasteiger charge is 2.33. The Morgan fingerprint density at radius 1 is 0.951 bits per heavy atom. The molecule has 2 aromatic heterocycles. The lowest BCUT2D eigenvalue weighted by atomic mass is 9.95. The van der Waals surface area contributed by atoms with Gasteiger partial charge in [-0.3, -0.25) is 34.8 Å². The van der Waals surface area contributed by atoms with E-state index in [2.05, 4.69) is 91.5 Å². The number of aromatic nitrogens is 4. The highest BCUT2D eigenvalue weighted by molar-refractivity contribution is 9.10. The van der Waals surface area contributed by atoms with E-state index in [-0.39, 0.29) is 17.7 Å². The molecule has 0 bridgehead atoms. The number of methoxy groups -OCH3 is 1. The zero-order valence-corrected chi connectivity index (χ0v) is 37.7. The van der Waals surface area contributed by atoms with Crippen LogP contribution in [0.3, 0.4) is 0 Å². The molecule has 61 heavy (non-hydrogen) atoms. The van der Waals surface area contributed by atoms with Crippen LogP contribution in [0.1, 0.15) is 44.6 Å². The Morgan fingerprint density at radius 3 is 2.48 bits per heavy atom. The number of halogens is 1. The van der Waals surface area contributed by atoms with E-state index >= 15 is 0 Å². The zero-order chi connectivity index (χ0) is 42.7. The number of piperidine rings is 2. The number of hydrogen-bond acceptors (Lipinski definition) is 16. The number of amides is 2. The number of aryl methyl sites for hydroxylation is 1. The summed E-state index contributed by atoms with van der Waals surface area (Å²) in [5, 5.41) is 11.8. The minimum Gasteiger partial charge on any atom is -0.494 e. The van der Waals surface area contributed by atoms with Crippen LogP contribution in [-0.2, 0) is 20.6 Å². The molecule has 5 N–H and O–H groups in total. The lowest BCUT2D eigenvalue weighted by molar-refractivity contribution is -0.135. The standard InChI is InChI=1S/C42H55BrN13O4P/c1-5-27-23-33(48-42-46-25-30(43)40(50-42)47-32-9-8-31-38(45-14-13-44-31)39(32)61(3,4)59)36(60-2)24-35(27)55-17-11-28(12-18-55)54-21-19-53(20-22-54)15-6-16-56-26-34(51-52-56)29-7-10-37(57)49-41(29)58/h8-9,13-14,23-26,28-29,51-52H,5-7,10-12,15-22H2,1-4H3,(H,49,57,58)(H2,46,47,48,50). The fourth-order valence-electron chi connectivity index (χ4n) is 8.83. The van der Waals surface area contributed by atoms with Crippen LogP contribution in [0.25, 0.3) is 11.0 Å². The molecule has 17 nitrogen and oxygen atoms in total. The Bertz CT molecular complexity index is 2350. The van der Waals surface area contributed by atoms with Crippen molar-refractivity contribution < 1.29 is 18.9 Å². The molecular weight excluding hydrogens is 861 g/mol. The maximum atomic E-state index is 13.5. The van der Waals surface area contributed by atoms with E-state index in [4.69, 9.17) is 9.72 Å². The van der Waals surface area contributed by atoms with Gasteiger partial charge in [0.1, 0.15) is 24.2 Å². The predicted molar refractivity (Wildman–Crippen MR) is 242 cm³/mol. The van der Waals surface area contributed by atoms with Crippen molar-refractivity contribution >= 4 is 80.1 Å². The Labute approximate surface area is 364 Å². The number of benzene rings is 2. The second-order valence-electron chi connectivity index (χ2n) is 16.4. The van der Waals surface area contributed by atoms with Crippen LogP contribution in [0, 0.1) is 5.92 Å². The van der Waals surface area contributed by atoms with Crippen LogP contribution in [-0.4, -0.2) is 125 Å². The molecule has 6 heterocycles. The molecule has 4 aliphatic heterocycles. The molecule has 4 aromatic rings. The minimum absolute atomic E-state index is 0.199. The third-order valence-electron chi connectivity index (χ3n) is 12.0.